The minimum Gasteiger partial charge on any atom is -0.497 e. The summed E-state index contributed by atoms with van der Waals surface area (Å²) in [6.45, 7) is 0.334. The van der Waals surface area contributed by atoms with Crippen molar-refractivity contribution in [2.75, 3.05) is 12.9 Å². The Morgan fingerprint density at radius 1 is 1.12 bits per heavy atom. The summed E-state index contributed by atoms with van der Waals surface area (Å²) in [6, 6.07) is 11.2. The average Bonchev–Trinajstić information content (AvgIpc) is 2.72. The number of rotatable bonds is 7. The largest absolute Gasteiger partial charge is 0.497 e. The normalized spacial score (nSPS) is 10.3. The molecule has 0 saturated heterocycles. The number of carbonyl (C=O) groups excluding carboxylic acids is 1. The van der Waals surface area contributed by atoms with Gasteiger partial charge in [-0.05, 0) is 36.4 Å². The fourth-order valence-corrected chi connectivity index (χ4v) is 2.78. The molecule has 0 saturated carbocycles. The monoisotopic (exact) mass is 367 g/mol. The maximum absolute atomic E-state index is 12.0. The van der Waals surface area contributed by atoms with Crippen LogP contribution in [-0.2, 0) is 11.3 Å². The van der Waals surface area contributed by atoms with E-state index in [2.05, 4.69) is 25.3 Å². The van der Waals surface area contributed by atoms with Crippen LogP contribution in [0.4, 0.5) is 0 Å². The first-order valence-corrected chi connectivity index (χ1v) is 8.85. The zero-order chi connectivity index (χ0) is 18.2. The van der Waals surface area contributed by atoms with E-state index in [1.807, 2.05) is 30.3 Å². The molecule has 0 aliphatic heterocycles. The summed E-state index contributed by atoms with van der Waals surface area (Å²) in [5.74, 6) is 0.933. The van der Waals surface area contributed by atoms with Crippen molar-refractivity contribution in [2.24, 2.45) is 0 Å². The van der Waals surface area contributed by atoms with Crippen LogP contribution in [0.3, 0.4) is 0 Å². The predicted molar refractivity (Wildman–Crippen MR) is 98.6 cm³/mol. The summed E-state index contributed by atoms with van der Waals surface area (Å²) in [4.78, 5) is 28.6. The van der Waals surface area contributed by atoms with Crippen LogP contribution >= 0.6 is 11.8 Å². The molecule has 7 nitrogen and oxygen atoms in total. The molecule has 26 heavy (non-hydrogen) atoms. The Labute approximate surface area is 155 Å². The van der Waals surface area contributed by atoms with Crippen LogP contribution in [0.1, 0.15) is 5.69 Å². The van der Waals surface area contributed by atoms with Crippen molar-refractivity contribution in [1.29, 1.82) is 0 Å². The zero-order valence-electron chi connectivity index (χ0n) is 14.1. The van der Waals surface area contributed by atoms with Crippen molar-refractivity contribution in [1.82, 2.24) is 25.3 Å². The van der Waals surface area contributed by atoms with Crippen molar-refractivity contribution in [3.63, 3.8) is 0 Å². The number of methoxy groups -OCH3 is 1. The highest BCUT2D eigenvalue weighted by atomic mass is 32.2. The summed E-state index contributed by atoms with van der Waals surface area (Å²) >= 11 is 1.29. The Kier molecular flexibility index (Phi) is 6.10. The first kappa shape index (κ1) is 17.8. The molecule has 0 atom stereocenters. The minimum absolute atomic E-state index is 0.105. The molecule has 2 heterocycles. The van der Waals surface area contributed by atoms with E-state index in [-0.39, 0.29) is 11.7 Å². The number of nitrogens with zero attached hydrogens (tertiary/aromatic N) is 4. The highest BCUT2D eigenvalue weighted by Crippen LogP contribution is 2.20. The molecule has 0 aliphatic carbocycles. The fourth-order valence-electron chi connectivity index (χ4n) is 2.14. The second kappa shape index (κ2) is 8.91. The number of hydrogen-bond donors (Lipinski definition) is 1. The van der Waals surface area contributed by atoms with Gasteiger partial charge in [-0.1, -0.05) is 11.8 Å². The molecule has 1 amide bonds. The predicted octanol–water partition coefficient (Wildman–Crippen LogP) is 2.35. The summed E-state index contributed by atoms with van der Waals surface area (Å²) < 4.78 is 5.16. The van der Waals surface area contributed by atoms with Gasteiger partial charge in [-0.25, -0.2) is 19.9 Å². The number of ether oxygens (including phenoxy) is 1. The maximum atomic E-state index is 12.0. The number of nitrogens with one attached hydrogen (secondary N) is 1. The van der Waals surface area contributed by atoms with Gasteiger partial charge in [0.25, 0.3) is 0 Å². The Hall–Kier alpha value is -3.00. The van der Waals surface area contributed by atoms with Crippen LogP contribution < -0.4 is 10.1 Å². The molecule has 0 spiro atoms. The van der Waals surface area contributed by atoms with Gasteiger partial charge in [-0.15, -0.1) is 0 Å². The minimum atomic E-state index is -0.105. The third-order valence-electron chi connectivity index (χ3n) is 3.45. The van der Waals surface area contributed by atoms with E-state index in [0.717, 1.165) is 22.7 Å². The maximum Gasteiger partial charge on any atom is 0.230 e. The Bertz CT molecular complexity index is 859. The van der Waals surface area contributed by atoms with Crippen LogP contribution in [0.15, 0.2) is 60.3 Å². The lowest BCUT2D eigenvalue weighted by Gasteiger charge is -2.07. The topological polar surface area (TPSA) is 89.9 Å². The molecule has 0 aliphatic rings. The smallest absolute Gasteiger partial charge is 0.230 e. The molecule has 3 aromatic rings. The molecule has 0 unspecified atom stereocenters. The lowest BCUT2D eigenvalue weighted by atomic mass is 10.1. The zero-order valence-corrected chi connectivity index (χ0v) is 14.9. The number of benzene rings is 1. The van der Waals surface area contributed by atoms with E-state index >= 15 is 0 Å². The highest BCUT2D eigenvalue weighted by Gasteiger charge is 2.07. The molecule has 1 N–H and O–H groups in total. The second-order valence-electron chi connectivity index (χ2n) is 5.22. The molecule has 1 aromatic carbocycles. The van der Waals surface area contributed by atoms with Crippen LogP contribution in [0.25, 0.3) is 11.3 Å². The van der Waals surface area contributed by atoms with Crippen molar-refractivity contribution in [3.8, 4) is 17.0 Å². The van der Waals surface area contributed by atoms with E-state index in [0.29, 0.717) is 11.7 Å². The molecule has 8 heteroatoms. The van der Waals surface area contributed by atoms with Gasteiger partial charge in [-0.2, -0.15) is 0 Å². The lowest BCUT2D eigenvalue weighted by molar-refractivity contribution is -0.118. The molecule has 132 valence electrons. The van der Waals surface area contributed by atoms with Crippen molar-refractivity contribution >= 4 is 17.7 Å². The first-order valence-electron chi connectivity index (χ1n) is 7.86. The van der Waals surface area contributed by atoms with E-state index < -0.39 is 0 Å². The van der Waals surface area contributed by atoms with Crippen LogP contribution in [0.2, 0.25) is 0 Å². The molecule has 3 rings (SSSR count). The third-order valence-corrected chi connectivity index (χ3v) is 4.33. The van der Waals surface area contributed by atoms with E-state index in [1.54, 1.807) is 25.6 Å². The molecule has 2 aromatic heterocycles. The van der Waals surface area contributed by atoms with Crippen LogP contribution in [0, 0.1) is 0 Å². The SMILES string of the molecule is COc1ccc(-c2cc(CNC(=O)CSc3ncccn3)ncn2)cc1. The second-order valence-corrected chi connectivity index (χ2v) is 6.16. The van der Waals surface area contributed by atoms with Gasteiger partial charge in [-0.3, -0.25) is 4.79 Å². The fraction of sp³-hybridized carbons (Fsp3) is 0.167. The Morgan fingerprint density at radius 2 is 1.88 bits per heavy atom. The Balaban J connectivity index is 1.55. The van der Waals surface area contributed by atoms with Crippen LogP contribution in [0.5, 0.6) is 5.75 Å². The number of amides is 1. The van der Waals surface area contributed by atoms with Gasteiger partial charge in [0.15, 0.2) is 5.16 Å². The third kappa shape index (κ3) is 5.00. The summed E-state index contributed by atoms with van der Waals surface area (Å²) in [5.41, 5.74) is 2.48. The highest BCUT2D eigenvalue weighted by molar-refractivity contribution is 7.99. The molecular formula is C18H17N5O2S. The number of thioether (sulfide) groups is 1. The standard InChI is InChI=1S/C18H17N5O2S/c1-25-15-5-3-13(4-6-15)16-9-14(22-12-23-16)10-21-17(24)11-26-18-19-7-2-8-20-18/h2-9,12H,10-11H2,1H3,(H,21,24). The average molecular weight is 367 g/mol. The molecule has 0 radical (unpaired) electrons. The van der Waals surface area contributed by atoms with Crippen LogP contribution in [-0.4, -0.2) is 38.7 Å². The van der Waals surface area contributed by atoms with Crippen molar-refractivity contribution in [3.05, 3.63) is 60.8 Å². The van der Waals surface area contributed by atoms with Gasteiger partial charge in [0.05, 0.1) is 30.8 Å². The lowest BCUT2D eigenvalue weighted by Crippen LogP contribution is -2.25. The van der Waals surface area contributed by atoms with Gasteiger partial charge < -0.3 is 10.1 Å². The molecule has 0 fully saturated rings. The molecule has 0 bridgehead atoms. The summed E-state index contributed by atoms with van der Waals surface area (Å²) in [5, 5.41) is 3.42. The van der Waals surface area contributed by atoms with Gasteiger partial charge >= 0.3 is 0 Å². The van der Waals surface area contributed by atoms with E-state index in [1.165, 1.54) is 18.1 Å². The number of aromatic nitrogens is 4. The van der Waals surface area contributed by atoms with Gasteiger partial charge in [0, 0.05) is 18.0 Å². The van der Waals surface area contributed by atoms with Crippen molar-refractivity contribution in [2.45, 2.75) is 11.7 Å². The van der Waals surface area contributed by atoms with Gasteiger partial charge in [0.1, 0.15) is 12.1 Å². The quantitative estimate of drug-likeness (QED) is 0.506. The summed E-state index contributed by atoms with van der Waals surface area (Å²) in [6.07, 6.45) is 4.79. The first-order chi connectivity index (χ1) is 12.7. The van der Waals surface area contributed by atoms with E-state index in [9.17, 15) is 4.79 Å². The molecular weight excluding hydrogens is 350 g/mol. The number of hydrogen-bond acceptors (Lipinski definition) is 7. The van der Waals surface area contributed by atoms with Crippen molar-refractivity contribution < 1.29 is 9.53 Å². The van der Waals surface area contributed by atoms with Gasteiger partial charge in [0.2, 0.25) is 5.91 Å². The van der Waals surface area contributed by atoms with E-state index in [4.69, 9.17) is 4.74 Å². The summed E-state index contributed by atoms with van der Waals surface area (Å²) in [7, 11) is 1.63. The number of carbonyl (C=O) groups is 1. The Morgan fingerprint density at radius 3 is 2.62 bits per heavy atom.